The van der Waals surface area contributed by atoms with Crippen LogP contribution in [0.25, 0.3) is 0 Å². The molecule has 0 saturated carbocycles. The van der Waals surface area contributed by atoms with E-state index in [1.54, 1.807) is 18.4 Å². The molecule has 0 aromatic carbocycles. The molecule has 0 saturated heterocycles. The van der Waals surface area contributed by atoms with Gasteiger partial charge in [0.15, 0.2) is 0 Å². The summed E-state index contributed by atoms with van der Waals surface area (Å²) in [4.78, 5) is 14.5. The summed E-state index contributed by atoms with van der Waals surface area (Å²) >= 11 is 2.99. The summed E-state index contributed by atoms with van der Waals surface area (Å²) in [5, 5.41) is 14.5. The van der Waals surface area contributed by atoms with Gasteiger partial charge in [-0.05, 0) is 32.4 Å². The third kappa shape index (κ3) is 3.10. The summed E-state index contributed by atoms with van der Waals surface area (Å²) in [7, 11) is 1.75. The van der Waals surface area contributed by atoms with Crippen LogP contribution in [0.2, 0.25) is 0 Å². The lowest BCUT2D eigenvalue weighted by Crippen LogP contribution is -2.26. The Kier molecular flexibility index (Phi) is 4.16. The molecule has 102 valence electrons. The van der Waals surface area contributed by atoms with Crippen LogP contribution in [0.3, 0.4) is 0 Å². The van der Waals surface area contributed by atoms with Crippen LogP contribution in [0.1, 0.15) is 38.1 Å². The first kappa shape index (κ1) is 14.0. The third-order valence-electron chi connectivity index (χ3n) is 2.73. The number of thiophene rings is 1. The normalized spacial score (nSPS) is 12.2. The van der Waals surface area contributed by atoms with E-state index in [1.807, 2.05) is 6.92 Å². The summed E-state index contributed by atoms with van der Waals surface area (Å²) in [6.07, 6.45) is 0. The zero-order valence-corrected chi connectivity index (χ0v) is 12.9. The molecule has 0 spiro atoms. The highest BCUT2D eigenvalue weighted by atomic mass is 32.1. The Balaban J connectivity index is 2.08. The molecule has 2 rings (SSSR count). The molecule has 5 nitrogen and oxygen atoms in total. The van der Waals surface area contributed by atoms with Crippen LogP contribution >= 0.6 is 22.7 Å². The number of aromatic nitrogens is 2. The second-order valence-corrected chi connectivity index (χ2v) is 6.66. The van der Waals surface area contributed by atoms with Gasteiger partial charge in [-0.25, -0.2) is 0 Å². The Labute approximate surface area is 120 Å². The van der Waals surface area contributed by atoms with Crippen molar-refractivity contribution in [3.8, 4) is 0 Å². The fourth-order valence-electron chi connectivity index (χ4n) is 1.83. The smallest absolute Gasteiger partial charge is 0.282 e. The second kappa shape index (κ2) is 5.66. The summed E-state index contributed by atoms with van der Waals surface area (Å²) in [6, 6.07) is 2.09. The van der Waals surface area contributed by atoms with Crippen molar-refractivity contribution in [1.82, 2.24) is 15.5 Å². The van der Waals surface area contributed by atoms with E-state index in [0.29, 0.717) is 10.1 Å². The summed E-state index contributed by atoms with van der Waals surface area (Å²) in [5.41, 5.74) is 1.16. The van der Waals surface area contributed by atoms with Crippen molar-refractivity contribution in [2.24, 2.45) is 0 Å². The maximum absolute atomic E-state index is 12.0. The first-order valence-electron chi connectivity index (χ1n) is 5.90. The number of carbonyl (C=O) groups excluding carboxylic acids is 1. The van der Waals surface area contributed by atoms with Crippen molar-refractivity contribution in [3.05, 3.63) is 26.4 Å². The maximum atomic E-state index is 12.0. The molecule has 0 aliphatic rings. The highest BCUT2D eigenvalue weighted by Gasteiger charge is 2.17. The van der Waals surface area contributed by atoms with E-state index in [4.69, 9.17) is 0 Å². The molecule has 1 amide bonds. The zero-order valence-electron chi connectivity index (χ0n) is 11.3. The molecule has 0 radical (unpaired) electrons. The van der Waals surface area contributed by atoms with Gasteiger partial charge < -0.3 is 10.6 Å². The predicted molar refractivity (Wildman–Crippen MR) is 79.1 cm³/mol. The van der Waals surface area contributed by atoms with E-state index < -0.39 is 0 Å². The van der Waals surface area contributed by atoms with Crippen LogP contribution < -0.4 is 10.6 Å². The molecule has 2 aromatic heterocycles. The van der Waals surface area contributed by atoms with Crippen LogP contribution in [-0.4, -0.2) is 23.2 Å². The molecular weight excluding hydrogens is 280 g/mol. The van der Waals surface area contributed by atoms with Crippen molar-refractivity contribution in [2.75, 3.05) is 12.4 Å². The van der Waals surface area contributed by atoms with Gasteiger partial charge in [-0.2, -0.15) is 0 Å². The third-order valence-corrected chi connectivity index (χ3v) is 4.65. The van der Waals surface area contributed by atoms with E-state index in [0.717, 1.165) is 5.56 Å². The Morgan fingerprint density at radius 3 is 2.58 bits per heavy atom. The first-order chi connectivity index (χ1) is 9.01. The zero-order chi connectivity index (χ0) is 14.0. The van der Waals surface area contributed by atoms with Gasteiger partial charge in [0, 0.05) is 16.8 Å². The number of anilines is 1. The van der Waals surface area contributed by atoms with E-state index in [-0.39, 0.29) is 11.9 Å². The van der Waals surface area contributed by atoms with Crippen molar-refractivity contribution < 1.29 is 4.79 Å². The molecule has 7 heteroatoms. The first-order valence-corrected chi connectivity index (χ1v) is 7.53. The van der Waals surface area contributed by atoms with Gasteiger partial charge in [0.1, 0.15) is 0 Å². The van der Waals surface area contributed by atoms with Gasteiger partial charge in [0.05, 0.1) is 6.04 Å². The minimum absolute atomic E-state index is 0.0283. The number of nitrogens with one attached hydrogen (secondary N) is 2. The number of aryl methyl sites for hydroxylation is 2. The van der Waals surface area contributed by atoms with E-state index in [1.165, 1.54) is 21.1 Å². The van der Waals surface area contributed by atoms with Crippen molar-refractivity contribution >= 4 is 33.7 Å². The van der Waals surface area contributed by atoms with Crippen LogP contribution in [0, 0.1) is 13.8 Å². The largest absolute Gasteiger partial charge is 0.363 e. The molecule has 2 heterocycles. The van der Waals surface area contributed by atoms with Crippen LogP contribution in [0.4, 0.5) is 5.13 Å². The SMILES string of the molecule is CNc1nnc(C(=O)NC(C)c2cc(C)sc2C)s1. The Morgan fingerprint density at radius 1 is 1.32 bits per heavy atom. The summed E-state index contributed by atoms with van der Waals surface area (Å²) < 4.78 is 0. The molecular formula is C12H16N4OS2. The fraction of sp³-hybridized carbons (Fsp3) is 0.417. The van der Waals surface area contributed by atoms with Gasteiger partial charge in [0.25, 0.3) is 5.91 Å². The van der Waals surface area contributed by atoms with Gasteiger partial charge >= 0.3 is 0 Å². The van der Waals surface area contributed by atoms with Gasteiger partial charge in [-0.1, -0.05) is 11.3 Å². The second-order valence-electron chi connectivity index (χ2n) is 4.23. The lowest BCUT2D eigenvalue weighted by atomic mass is 10.1. The molecule has 2 N–H and O–H groups in total. The van der Waals surface area contributed by atoms with Crippen molar-refractivity contribution in [2.45, 2.75) is 26.8 Å². The predicted octanol–water partition coefficient (Wildman–Crippen LogP) is 2.75. The topological polar surface area (TPSA) is 66.9 Å². The van der Waals surface area contributed by atoms with E-state index >= 15 is 0 Å². The van der Waals surface area contributed by atoms with Crippen molar-refractivity contribution in [3.63, 3.8) is 0 Å². The fourth-order valence-corrected chi connectivity index (χ4v) is 3.46. The average Bonchev–Trinajstić information content (AvgIpc) is 2.95. The Bertz CT molecular complexity index is 590. The Hall–Kier alpha value is -1.47. The van der Waals surface area contributed by atoms with E-state index in [2.05, 4.69) is 40.7 Å². The summed E-state index contributed by atoms with van der Waals surface area (Å²) in [5.74, 6) is -0.185. The molecule has 19 heavy (non-hydrogen) atoms. The molecule has 0 aliphatic carbocycles. The Morgan fingerprint density at radius 2 is 2.05 bits per heavy atom. The van der Waals surface area contributed by atoms with Crippen LogP contribution in [-0.2, 0) is 0 Å². The standard InChI is InChI=1S/C12H16N4OS2/c1-6-5-9(8(3)18-6)7(2)14-10(17)11-15-16-12(13-4)19-11/h5,7H,1-4H3,(H,13,16)(H,14,17). The lowest BCUT2D eigenvalue weighted by molar-refractivity contribution is 0.0939. The van der Waals surface area contributed by atoms with Crippen LogP contribution in [0.15, 0.2) is 6.07 Å². The molecule has 1 unspecified atom stereocenters. The lowest BCUT2D eigenvalue weighted by Gasteiger charge is -2.12. The number of hydrogen-bond acceptors (Lipinski definition) is 6. The number of rotatable bonds is 4. The molecule has 2 aromatic rings. The summed E-state index contributed by atoms with van der Waals surface area (Å²) in [6.45, 7) is 6.12. The quantitative estimate of drug-likeness (QED) is 0.910. The minimum Gasteiger partial charge on any atom is -0.363 e. The van der Waals surface area contributed by atoms with E-state index in [9.17, 15) is 4.79 Å². The monoisotopic (exact) mass is 296 g/mol. The number of hydrogen-bond donors (Lipinski definition) is 2. The van der Waals surface area contributed by atoms with Gasteiger partial charge in [-0.15, -0.1) is 21.5 Å². The van der Waals surface area contributed by atoms with Gasteiger partial charge in [0.2, 0.25) is 10.1 Å². The average molecular weight is 296 g/mol. The molecule has 0 fully saturated rings. The van der Waals surface area contributed by atoms with Crippen molar-refractivity contribution in [1.29, 1.82) is 0 Å². The molecule has 1 atom stereocenters. The highest BCUT2D eigenvalue weighted by molar-refractivity contribution is 7.17. The molecule has 0 bridgehead atoms. The van der Waals surface area contributed by atoms with Gasteiger partial charge in [-0.3, -0.25) is 4.79 Å². The maximum Gasteiger partial charge on any atom is 0.282 e. The minimum atomic E-state index is -0.185. The van der Waals surface area contributed by atoms with Crippen LogP contribution in [0.5, 0.6) is 0 Å². The molecule has 0 aliphatic heterocycles. The number of amides is 1. The number of carbonyl (C=O) groups is 1. The number of nitrogens with zero attached hydrogens (tertiary/aromatic N) is 2. The highest BCUT2D eigenvalue weighted by Crippen LogP contribution is 2.26.